The quantitative estimate of drug-likeness (QED) is 0.917. The van der Waals surface area contributed by atoms with Crippen molar-refractivity contribution in [3.63, 3.8) is 0 Å². The van der Waals surface area contributed by atoms with Crippen molar-refractivity contribution in [3.8, 4) is 0 Å². The molecule has 0 radical (unpaired) electrons. The molecule has 1 aliphatic heterocycles. The van der Waals surface area contributed by atoms with Crippen LogP contribution < -0.4 is 5.32 Å². The van der Waals surface area contributed by atoms with Gasteiger partial charge in [0.15, 0.2) is 0 Å². The summed E-state index contributed by atoms with van der Waals surface area (Å²) < 4.78 is 43.9. The molecular formula is C15H20F3NO. The van der Waals surface area contributed by atoms with Gasteiger partial charge in [0.25, 0.3) is 0 Å². The van der Waals surface area contributed by atoms with Gasteiger partial charge in [-0.15, -0.1) is 0 Å². The lowest BCUT2D eigenvalue weighted by Gasteiger charge is -2.32. The minimum absolute atomic E-state index is 0.0458. The van der Waals surface area contributed by atoms with Crippen LogP contribution in [-0.2, 0) is 17.3 Å². The highest BCUT2D eigenvalue weighted by Gasteiger charge is 2.41. The van der Waals surface area contributed by atoms with E-state index in [0.29, 0.717) is 18.6 Å². The number of alkyl halides is 3. The Bertz CT molecular complexity index is 461. The molecule has 0 saturated carbocycles. The Morgan fingerprint density at radius 1 is 1.40 bits per heavy atom. The summed E-state index contributed by atoms with van der Waals surface area (Å²) in [5, 5.41) is 3.14. The molecule has 1 aliphatic rings. The zero-order valence-corrected chi connectivity index (χ0v) is 11.8. The molecule has 112 valence electrons. The number of benzene rings is 1. The summed E-state index contributed by atoms with van der Waals surface area (Å²) >= 11 is 0. The predicted octanol–water partition coefficient (Wildman–Crippen LogP) is 3.26. The van der Waals surface area contributed by atoms with Gasteiger partial charge in [-0.05, 0) is 38.4 Å². The largest absolute Gasteiger partial charge is 0.416 e. The second kappa shape index (κ2) is 5.74. The molecule has 5 heteroatoms. The second-order valence-electron chi connectivity index (χ2n) is 5.53. The van der Waals surface area contributed by atoms with Crippen molar-refractivity contribution in [2.45, 2.75) is 32.0 Å². The van der Waals surface area contributed by atoms with Crippen molar-refractivity contribution < 1.29 is 17.9 Å². The van der Waals surface area contributed by atoms with E-state index in [2.05, 4.69) is 5.32 Å². The second-order valence-corrected chi connectivity index (χ2v) is 5.53. The van der Waals surface area contributed by atoms with Gasteiger partial charge in [0.05, 0.1) is 11.7 Å². The van der Waals surface area contributed by atoms with Crippen LogP contribution in [0.4, 0.5) is 13.2 Å². The van der Waals surface area contributed by atoms with E-state index in [1.807, 2.05) is 14.0 Å². The van der Waals surface area contributed by atoms with Gasteiger partial charge in [-0.3, -0.25) is 0 Å². The summed E-state index contributed by atoms with van der Waals surface area (Å²) in [7, 11) is 1.86. The molecule has 20 heavy (non-hydrogen) atoms. The van der Waals surface area contributed by atoms with Crippen LogP contribution in [0.3, 0.4) is 0 Å². The Balaban J connectivity index is 2.23. The molecule has 0 amide bonds. The van der Waals surface area contributed by atoms with Crippen molar-refractivity contribution in [2.24, 2.45) is 5.41 Å². The molecule has 1 aromatic rings. The molecule has 1 heterocycles. The first-order chi connectivity index (χ1) is 9.37. The molecule has 1 fully saturated rings. The van der Waals surface area contributed by atoms with Crippen molar-refractivity contribution in [3.05, 3.63) is 35.4 Å². The lowest BCUT2D eigenvalue weighted by atomic mass is 9.76. The van der Waals surface area contributed by atoms with Crippen molar-refractivity contribution in [1.29, 1.82) is 0 Å². The third-order valence-electron chi connectivity index (χ3n) is 4.17. The summed E-state index contributed by atoms with van der Waals surface area (Å²) in [5.41, 5.74) is 0.00694. The number of hydrogen-bond acceptors (Lipinski definition) is 2. The molecule has 0 spiro atoms. The normalized spacial score (nSPS) is 26.9. The SMILES string of the molecule is CNCC1(Cc2cccc(C(F)(F)F)c2)CCOC1C. The molecule has 0 aromatic heterocycles. The van der Waals surface area contributed by atoms with Crippen LogP contribution in [0.1, 0.15) is 24.5 Å². The van der Waals surface area contributed by atoms with E-state index >= 15 is 0 Å². The standard InChI is InChI=1S/C15H20F3NO/c1-11-14(10-19-2,6-7-20-11)9-12-4-3-5-13(8-12)15(16,17)18/h3-5,8,11,19H,6-7,9-10H2,1-2H3. The first-order valence-electron chi connectivity index (χ1n) is 6.80. The van der Waals surface area contributed by atoms with Crippen molar-refractivity contribution >= 4 is 0 Å². The zero-order chi connectivity index (χ0) is 14.8. The van der Waals surface area contributed by atoms with Crippen molar-refractivity contribution in [1.82, 2.24) is 5.32 Å². The Kier molecular flexibility index (Phi) is 4.39. The Hall–Kier alpha value is -1.07. The van der Waals surface area contributed by atoms with Crippen LogP contribution in [0.15, 0.2) is 24.3 Å². The van der Waals surface area contributed by atoms with E-state index in [4.69, 9.17) is 4.74 Å². The molecule has 1 saturated heterocycles. The summed E-state index contributed by atoms with van der Waals surface area (Å²) in [6, 6.07) is 5.61. The third-order valence-corrected chi connectivity index (χ3v) is 4.17. The number of ether oxygens (including phenoxy) is 1. The lowest BCUT2D eigenvalue weighted by molar-refractivity contribution is -0.137. The van der Waals surface area contributed by atoms with Crippen LogP contribution in [0, 0.1) is 5.41 Å². The molecule has 2 unspecified atom stereocenters. The maximum absolute atomic E-state index is 12.8. The highest BCUT2D eigenvalue weighted by atomic mass is 19.4. The lowest BCUT2D eigenvalue weighted by Crippen LogP contribution is -2.40. The number of nitrogens with one attached hydrogen (secondary N) is 1. The number of rotatable bonds is 4. The Labute approximate surface area is 117 Å². The van der Waals surface area contributed by atoms with E-state index < -0.39 is 11.7 Å². The Morgan fingerprint density at radius 2 is 2.15 bits per heavy atom. The van der Waals surface area contributed by atoms with Crippen LogP contribution in [0.2, 0.25) is 0 Å². The molecule has 2 nitrogen and oxygen atoms in total. The fourth-order valence-corrected chi connectivity index (χ4v) is 2.96. The van der Waals surface area contributed by atoms with Gasteiger partial charge in [-0.25, -0.2) is 0 Å². The molecular weight excluding hydrogens is 267 g/mol. The summed E-state index contributed by atoms with van der Waals surface area (Å²) in [6.45, 7) is 3.41. The minimum atomic E-state index is -4.29. The van der Waals surface area contributed by atoms with Gasteiger partial charge in [-0.2, -0.15) is 13.2 Å². The van der Waals surface area contributed by atoms with Crippen LogP contribution in [0.5, 0.6) is 0 Å². The summed E-state index contributed by atoms with van der Waals surface area (Å²) in [5.74, 6) is 0. The molecule has 0 aliphatic carbocycles. The van der Waals surface area contributed by atoms with Crippen LogP contribution in [-0.4, -0.2) is 26.3 Å². The molecule has 2 rings (SSSR count). The van der Waals surface area contributed by atoms with Gasteiger partial charge in [0.1, 0.15) is 0 Å². The Morgan fingerprint density at radius 3 is 2.70 bits per heavy atom. The molecule has 1 N–H and O–H groups in total. The van der Waals surface area contributed by atoms with E-state index in [0.717, 1.165) is 19.0 Å². The number of halogens is 3. The first-order valence-corrected chi connectivity index (χ1v) is 6.80. The monoisotopic (exact) mass is 287 g/mol. The highest BCUT2D eigenvalue weighted by Crippen LogP contribution is 2.38. The minimum Gasteiger partial charge on any atom is -0.378 e. The molecule has 1 aromatic carbocycles. The fourth-order valence-electron chi connectivity index (χ4n) is 2.96. The van der Waals surface area contributed by atoms with E-state index in [-0.39, 0.29) is 11.5 Å². The maximum atomic E-state index is 12.8. The predicted molar refractivity (Wildman–Crippen MR) is 71.5 cm³/mol. The first kappa shape index (κ1) is 15.3. The number of hydrogen-bond donors (Lipinski definition) is 1. The summed E-state index contributed by atoms with van der Waals surface area (Å²) in [4.78, 5) is 0. The van der Waals surface area contributed by atoms with Crippen molar-refractivity contribution in [2.75, 3.05) is 20.2 Å². The summed E-state index contributed by atoms with van der Waals surface area (Å²) in [6.07, 6.45) is -2.78. The molecule has 0 bridgehead atoms. The van der Waals surface area contributed by atoms with Gasteiger partial charge >= 0.3 is 6.18 Å². The van der Waals surface area contributed by atoms with Crippen LogP contribution in [0.25, 0.3) is 0 Å². The van der Waals surface area contributed by atoms with E-state index in [1.165, 1.54) is 12.1 Å². The van der Waals surface area contributed by atoms with Gasteiger partial charge < -0.3 is 10.1 Å². The highest BCUT2D eigenvalue weighted by molar-refractivity contribution is 5.27. The van der Waals surface area contributed by atoms with Gasteiger partial charge in [0.2, 0.25) is 0 Å². The van der Waals surface area contributed by atoms with Gasteiger partial charge in [0, 0.05) is 18.6 Å². The molecule has 2 atom stereocenters. The topological polar surface area (TPSA) is 21.3 Å². The average molecular weight is 287 g/mol. The average Bonchev–Trinajstić information content (AvgIpc) is 2.71. The third kappa shape index (κ3) is 3.15. The smallest absolute Gasteiger partial charge is 0.378 e. The van der Waals surface area contributed by atoms with Gasteiger partial charge in [-0.1, -0.05) is 18.2 Å². The van der Waals surface area contributed by atoms with E-state index in [9.17, 15) is 13.2 Å². The zero-order valence-electron chi connectivity index (χ0n) is 11.8. The maximum Gasteiger partial charge on any atom is 0.416 e. The fraction of sp³-hybridized carbons (Fsp3) is 0.600. The van der Waals surface area contributed by atoms with Crippen LogP contribution >= 0.6 is 0 Å². The van der Waals surface area contributed by atoms with E-state index in [1.54, 1.807) is 6.07 Å².